The lowest BCUT2D eigenvalue weighted by Gasteiger charge is -2.08. The molecule has 0 saturated carbocycles. The van der Waals surface area contributed by atoms with Gasteiger partial charge in [-0.3, -0.25) is 4.79 Å². The van der Waals surface area contributed by atoms with Crippen molar-refractivity contribution in [3.8, 4) is 0 Å². The Morgan fingerprint density at radius 3 is 2.88 bits per heavy atom. The molecule has 26 heavy (non-hydrogen) atoms. The number of hydrogen-bond donors (Lipinski definition) is 1. The summed E-state index contributed by atoms with van der Waals surface area (Å²) >= 11 is 0. The minimum atomic E-state index is -0.0726. The van der Waals surface area contributed by atoms with Crippen molar-refractivity contribution in [3.05, 3.63) is 54.1 Å². The molecule has 1 saturated heterocycles. The molecular formula is C22H24N2O2. The van der Waals surface area contributed by atoms with E-state index in [2.05, 4.69) is 59.3 Å². The molecular weight excluding hydrogens is 324 g/mol. The number of aryl methyl sites for hydroxylation is 1. The van der Waals surface area contributed by atoms with Crippen molar-refractivity contribution in [1.29, 1.82) is 0 Å². The Labute approximate surface area is 153 Å². The quantitative estimate of drug-likeness (QED) is 0.705. The number of ether oxygens (including phenoxy) is 1. The van der Waals surface area contributed by atoms with Crippen LogP contribution >= 0.6 is 0 Å². The molecule has 0 aliphatic carbocycles. The van der Waals surface area contributed by atoms with E-state index in [1.165, 1.54) is 21.8 Å². The number of nitrogens with one attached hydrogen (secondary N) is 1. The Bertz CT molecular complexity index is 965. The first-order chi connectivity index (χ1) is 12.8. The second-order valence-corrected chi connectivity index (χ2v) is 6.75. The van der Waals surface area contributed by atoms with Crippen LogP contribution in [-0.4, -0.2) is 29.7 Å². The Hall–Kier alpha value is -2.59. The van der Waals surface area contributed by atoms with Gasteiger partial charge in [0.1, 0.15) is 0 Å². The summed E-state index contributed by atoms with van der Waals surface area (Å²) in [6.07, 6.45) is 5.77. The van der Waals surface area contributed by atoms with Crippen LogP contribution in [0.3, 0.4) is 0 Å². The van der Waals surface area contributed by atoms with Crippen molar-refractivity contribution in [3.63, 3.8) is 0 Å². The maximum atomic E-state index is 12.0. The third-order valence-electron chi connectivity index (χ3n) is 5.07. The first-order valence-electron chi connectivity index (χ1n) is 9.35. The number of nitrogens with zero attached hydrogens (tertiary/aromatic N) is 1. The molecule has 0 bridgehead atoms. The smallest absolute Gasteiger partial charge is 0.244 e. The summed E-state index contributed by atoms with van der Waals surface area (Å²) in [7, 11) is 0. The van der Waals surface area contributed by atoms with Gasteiger partial charge >= 0.3 is 0 Å². The van der Waals surface area contributed by atoms with Crippen molar-refractivity contribution in [2.24, 2.45) is 0 Å². The van der Waals surface area contributed by atoms with Crippen molar-refractivity contribution >= 4 is 33.8 Å². The summed E-state index contributed by atoms with van der Waals surface area (Å²) in [4.78, 5) is 12.0. The van der Waals surface area contributed by atoms with Crippen LogP contribution in [0.5, 0.6) is 0 Å². The zero-order valence-corrected chi connectivity index (χ0v) is 15.1. The summed E-state index contributed by atoms with van der Waals surface area (Å²) < 4.78 is 7.85. The van der Waals surface area contributed by atoms with Crippen LogP contribution in [-0.2, 0) is 16.1 Å². The molecule has 3 aromatic rings. The van der Waals surface area contributed by atoms with Gasteiger partial charge in [0.2, 0.25) is 5.91 Å². The fourth-order valence-electron chi connectivity index (χ4n) is 3.77. The number of benzene rings is 2. The van der Waals surface area contributed by atoms with E-state index < -0.39 is 0 Å². The topological polar surface area (TPSA) is 43.3 Å². The number of hydrogen-bond acceptors (Lipinski definition) is 2. The molecule has 2 heterocycles. The lowest BCUT2D eigenvalue weighted by Crippen LogP contribution is -2.30. The molecule has 1 atom stereocenters. The average molecular weight is 348 g/mol. The molecule has 1 aliphatic heterocycles. The molecule has 0 radical (unpaired) electrons. The molecule has 0 unspecified atom stereocenters. The van der Waals surface area contributed by atoms with E-state index in [9.17, 15) is 4.79 Å². The van der Waals surface area contributed by atoms with Gasteiger partial charge in [-0.15, -0.1) is 0 Å². The van der Waals surface area contributed by atoms with Crippen molar-refractivity contribution < 1.29 is 9.53 Å². The number of aromatic nitrogens is 1. The van der Waals surface area contributed by atoms with Crippen molar-refractivity contribution in [2.45, 2.75) is 32.4 Å². The minimum Gasteiger partial charge on any atom is -0.376 e. The first-order valence-corrected chi connectivity index (χ1v) is 9.35. The summed E-state index contributed by atoms with van der Waals surface area (Å²) in [5, 5.41) is 5.40. The van der Waals surface area contributed by atoms with E-state index in [0.29, 0.717) is 6.54 Å². The van der Waals surface area contributed by atoms with E-state index in [4.69, 9.17) is 4.74 Å². The molecule has 1 fully saturated rings. The van der Waals surface area contributed by atoms with Crippen LogP contribution in [0.25, 0.3) is 27.9 Å². The van der Waals surface area contributed by atoms with Gasteiger partial charge in [0.15, 0.2) is 0 Å². The highest BCUT2D eigenvalue weighted by atomic mass is 16.5. The summed E-state index contributed by atoms with van der Waals surface area (Å²) in [5.41, 5.74) is 3.51. The second kappa shape index (κ2) is 7.34. The lowest BCUT2D eigenvalue weighted by molar-refractivity contribution is -0.116. The molecule has 1 N–H and O–H groups in total. The van der Waals surface area contributed by atoms with Gasteiger partial charge in [-0.05, 0) is 49.6 Å². The van der Waals surface area contributed by atoms with E-state index in [-0.39, 0.29) is 12.0 Å². The van der Waals surface area contributed by atoms with Crippen LogP contribution in [0, 0.1) is 0 Å². The molecule has 4 heteroatoms. The largest absolute Gasteiger partial charge is 0.376 e. The van der Waals surface area contributed by atoms with Crippen molar-refractivity contribution in [1.82, 2.24) is 9.88 Å². The third-order valence-corrected chi connectivity index (χ3v) is 5.07. The maximum absolute atomic E-state index is 12.0. The lowest BCUT2D eigenvalue weighted by atomic mass is 10.1. The monoisotopic (exact) mass is 348 g/mol. The zero-order valence-electron chi connectivity index (χ0n) is 15.1. The minimum absolute atomic E-state index is 0.0726. The second-order valence-electron chi connectivity index (χ2n) is 6.75. The molecule has 1 amide bonds. The van der Waals surface area contributed by atoms with Crippen LogP contribution in [0.15, 0.2) is 48.5 Å². The summed E-state index contributed by atoms with van der Waals surface area (Å²) in [6, 6.07) is 14.8. The van der Waals surface area contributed by atoms with Gasteiger partial charge in [-0.2, -0.15) is 0 Å². The van der Waals surface area contributed by atoms with E-state index >= 15 is 0 Å². The number of para-hydroxylation sites is 1. The van der Waals surface area contributed by atoms with Crippen molar-refractivity contribution in [2.75, 3.05) is 13.2 Å². The van der Waals surface area contributed by atoms with Crippen LogP contribution in [0.2, 0.25) is 0 Å². The number of rotatable bonds is 5. The highest BCUT2D eigenvalue weighted by Crippen LogP contribution is 2.29. The fourth-order valence-corrected chi connectivity index (χ4v) is 3.77. The highest BCUT2D eigenvalue weighted by molar-refractivity contribution is 6.08. The van der Waals surface area contributed by atoms with Gasteiger partial charge in [0.25, 0.3) is 0 Å². The maximum Gasteiger partial charge on any atom is 0.244 e. The van der Waals surface area contributed by atoms with Gasteiger partial charge in [0, 0.05) is 47.6 Å². The third kappa shape index (κ3) is 3.25. The van der Waals surface area contributed by atoms with E-state index in [1.807, 2.05) is 6.08 Å². The van der Waals surface area contributed by atoms with E-state index in [0.717, 1.165) is 31.6 Å². The predicted molar refractivity (Wildman–Crippen MR) is 106 cm³/mol. The molecule has 0 spiro atoms. The van der Waals surface area contributed by atoms with Crippen LogP contribution in [0.1, 0.15) is 25.3 Å². The normalized spacial score (nSPS) is 17.5. The zero-order chi connectivity index (χ0) is 17.9. The number of amides is 1. The summed E-state index contributed by atoms with van der Waals surface area (Å²) in [5.74, 6) is -0.0726. The predicted octanol–water partition coefficient (Wildman–Crippen LogP) is 4.12. The Kier molecular flexibility index (Phi) is 4.76. The van der Waals surface area contributed by atoms with E-state index in [1.54, 1.807) is 6.08 Å². The van der Waals surface area contributed by atoms with Gasteiger partial charge in [-0.1, -0.05) is 24.3 Å². The molecule has 2 aromatic carbocycles. The molecule has 4 nitrogen and oxygen atoms in total. The number of carbonyl (C=O) groups is 1. The molecule has 1 aromatic heterocycles. The molecule has 4 rings (SSSR count). The van der Waals surface area contributed by atoms with Crippen LogP contribution < -0.4 is 5.32 Å². The average Bonchev–Trinajstić information content (AvgIpc) is 3.30. The van der Waals surface area contributed by atoms with Gasteiger partial charge in [-0.25, -0.2) is 0 Å². The standard InChI is InChI=1S/C22H24N2O2/c1-2-24-20-8-4-3-7-18(20)19-14-16(9-11-21(19)24)10-12-22(25)23-15-17-6-5-13-26-17/h3-4,7-12,14,17H,2,5-6,13,15H2,1H3,(H,23,25)/b12-10-/t17-/m1/s1. The highest BCUT2D eigenvalue weighted by Gasteiger charge is 2.15. The Morgan fingerprint density at radius 2 is 2.08 bits per heavy atom. The van der Waals surface area contributed by atoms with Crippen LogP contribution in [0.4, 0.5) is 0 Å². The fraction of sp³-hybridized carbons (Fsp3) is 0.318. The molecule has 1 aliphatic rings. The SMILES string of the molecule is CCn1c2ccccc2c2cc(/C=C\C(=O)NC[C@H]3CCCO3)ccc21. The summed E-state index contributed by atoms with van der Waals surface area (Å²) in [6.45, 7) is 4.50. The number of fused-ring (bicyclic) bond motifs is 3. The number of carbonyl (C=O) groups excluding carboxylic acids is 1. The molecule has 134 valence electrons. The Morgan fingerprint density at radius 1 is 1.23 bits per heavy atom. The first kappa shape index (κ1) is 16.9. The van der Waals surface area contributed by atoms with Gasteiger partial charge in [0.05, 0.1) is 6.10 Å². The Balaban J connectivity index is 1.55. The van der Waals surface area contributed by atoms with Gasteiger partial charge < -0.3 is 14.6 Å².